The molecular formula is C13H8ClFNO3P. The molecular weight excluding hydrogens is 304 g/mol. The van der Waals surface area contributed by atoms with E-state index in [4.69, 9.17) is 11.6 Å². The maximum Gasteiger partial charge on any atom is 0.348 e. The highest BCUT2D eigenvalue weighted by Crippen LogP contribution is 2.19. The second-order valence-electron chi connectivity index (χ2n) is 3.92. The molecule has 20 heavy (non-hydrogen) atoms. The van der Waals surface area contributed by atoms with Crippen molar-refractivity contribution in [3.05, 3.63) is 58.9 Å². The van der Waals surface area contributed by atoms with Crippen LogP contribution in [-0.4, -0.2) is 5.91 Å². The van der Waals surface area contributed by atoms with Crippen LogP contribution in [0.1, 0.15) is 10.4 Å². The summed E-state index contributed by atoms with van der Waals surface area (Å²) < 4.78 is 24.0. The predicted octanol–water partition coefficient (Wildman–Crippen LogP) is 2.46. The summed E-state index contributed by atoms with van der Waals surface area (Å²) in [6, 6.07) is 9.14. The van der Waals surface area contributed by atoms with Crippen LogP contribution in [0.4, 0.5) is 10.1 Å². The van der Waals surface area contributed by atoms with Crippen molar-refractivity contribution < 1.29 is 18.6 Å². The summed E-state index contributed by atoms with van der Waals surface area (Å²) >= 11 is 5.68. The number of anilines is 1. The van der Waals surface area contributed by atoms with Gasteiger partial charge < -0.3 is 10.2 Å². The highest BCUT2D eigenvalue weighted by atomic mass is 35.5. The Kier molecular flexibility index (Phi) is 4.45. The molecule has 0 saturated carbocycles. The van der Waals surface area contributed by atoms with Crippen molar-refractivity contribution in [2.45, 2.75) is 0 Å². The van der Waals surface area contributed by atoms with Crippen molar-refractivity contribution in [3.8, 4) is 0 Å². The Morgan fingerprint density at radius 1 is 1.25 bits per heavy atom. The summed E-state index contributed by atoms with van der Waals surface area (Å²) in [4.78, 5) is 22.8. The monoisotopic (exact) mass is 311 g/mol. The van der Waals surface area contributed by atoms with Gasteiger partial charge in [0.2, 0.25) is 0 Å². The number of benzene rings is 2. The maximum atomic E-state index is 13.1. The molecule has 0 aliphatic rings. The average molecular weight is 312 g/mol. The Hall–Kier alpha value is -1.81. The van der Waals surface area contributed by atoms with Gasteiger partial charge in [-0.15, -0.1) is 0 Å². The van der Waals surface area contributed by atoms with E-state index >= 15 is 0 Å². The summed E-state index contributed by atoms with van der Waals surface area (Å²) in [6.45, 7) is 0. The van der Waals surface area contributed by atoms with E-state index in [0.29, 0.717) is 0 Å². The Morgan fingerprint density at radius 2 is 2.00 bits per heavy atom. The Labute approximate surface area is 120 Å². The fourth-order valence-electron chi connectivity index (χ4n) is 1.59. The summed E-state index contributed by atoms with van der Waals surface area (Å²) in [5.41, 5.74) is 0.346. The molecule has 2 aromatic rings. The summed E-state index contributed by atoms with van der Waals surface area (Å²) in [6.07, 6.45) is 0. The van der Waals surface area contributed by atoms with Crippen molar-refractivity contribution in [1.82, 2.24) is 0 Å². The molecule has 102 valence electrons. The van der Waals surface area contributed by atoms with Gasteiger partial charge in [0.1, 0.15) is 5.82 Å². The van der Waals surface area contributed by atoms with E-state index in [1.54, 1.807) is 0 Å². The molecule has 7 heteroatoms. The molecule has 0 bridgehead atoms. The highest BCUT2D eigenvalue weighted by Gasteiger charge is 2.12. The molecule has 4 nitrogen and oxygen atoms in total. The lowest BCUT2D eigenvalue weighted by molar-refractivity contribution is -0.160. The first-order valence-corrected chi connectivity index (χ1v) is 7.03. The molecule has 0 spiro atoms. The van der Waals surface area contributed by atoms with Crippen molar-refractivity contribution in [2.75, 3.05) is 5.32 Å². The molecule has 0 fully saturated rings. The molecule has 2 aromatic carbocycles. The number of nitrogens with one attached hydrogen (secondary N) is 1. The van der Waals surface area contributed by atoms with E-state index in [0.717, 1.165) is 12.1 Å². The van der Waals surface area contributed by atoms with Crippen LogP contribution < -0.4 is 15.5 Å². The molecule has 1 N–H and O–H groups in total. The third-order valence-electron chi connectivity index (χ3n) is 2.44. The molecule has 0 aliphatic carbocycles. The summed E-state index contributed by atoms with van der Waals surface area (Å²) in [7, 11) is -2.77. The van der Waals surface area contributed by atoms with Crippen LogP contribution in [0.2, 0.25) is 5.02 Å². The number of amides is 1. The summed E-state index contributed by atoms with van der Waals surface area (Å²) in [5.74, 6) is -1.13. The second kappa shape index (κ2) is 6.09. The molecule has 1 amide bonds. The van der Waals surface area contributed by atoms with Crippen LogP contribution >= 0.6 is 19.6 Å². The summed E-state index contributed by atoms with van der Waals surface area (Å²) in [5, 5.41) is 2.63. The molecule has 0 saturated heterocycles. The van der Waals surface area contributed by atoms with Crippen LogP contribution in [-0.2, 0) is 4.57 Å². The average Bonchev–Trinajstić information content (AvgIpc) is 2.37. The van der Waals surface area contributed by atoms with Crippen molar-refractivity contribution >= 4 is 36.5 Å². The quantitative estimate of drug-likeness (QED) is 0.885. The smallest absolute Gasteiger partial charge is 0.348 e. The molecule has 0 aliphatic heterocycles. The lowest BCUT2D eigenvalue weighted by Crippen LogP contribution is -2.15. The fraction of sp³-hybridized carbons (Fsp3) is 0. The standard InChI is InChI=1S/C13H8ClFNO3P/c14-9-5-10(15)7-11(6-9)16-13(17)8-2-1-3-12(4-8)20(18)19/h1-7H,(H,16,17). The second-order valence-corrected chi connectivity index (χ2v) is 5.39. The van der Waals surface area contributed by atoms with E-state index < -0.39 is 19.8 Å². The third-order valence-corrected chi connectivity index (χ3v) is 3.36. The van der Waals surface area contributed by atoms with E-state index in [-0.39, 0.29) is 21.6 Å². The van der Waals surface area contributed by atoms with Gasteiger partial charge in [-0.05, 0) is 30.3 Å². The number of halogens is 2. The minimum atomic E-state index is -2.77. The largest absolute Gasteiger partial charge is 0.591 e. The maximum absolute atomic E-state index is 13.1. The third kappa shape index (κ3) is 3.61. The normalized spacial score (nSPS) is 11.1. The Bertz CT molecular complexity index is 673. The number of carbonyl (C=O) groups excluding carboxylic acids is 1. The van der Waals surface area contributed by atoms with Crippen LogP contribution in [0.15, 0.2) is 42.5 Å². The van der Waals surface area contributed by atoms with Gasteiger partial charge in [-0.25, -0.2) is 4.39 Å². The minimum absolute atomic E-state index is 0.0323. The number of rotatable bonds is 3. The van der Waals surface area contributed by atoms with Gasteiger partial charge in [-0.2, -0.15) is 0 Å². The van der Waals surface area contributed by atoms with E-state index in [1.165, 1.54) is 30.3 Å². The molecule has 2 rings (SSSR count). The molecule has 0 heterocycles. The van der Waals surface area contributed by atoms with Crippen molar-refractivity contribution in [2.24, 2.45) is 0 Å². The van der Waals surface area contributed by atoms with E-state index in [2.05, 4.69) is 5.32 Å². The highest BCUT2D eigenvalue weighted by molar-refractivity contribution is 7.45. The first kappa shape index (κ1) is 14.6. The molecule has 0 aromatic heterocycles. The van der Waals surface area contributed by atoms with Gasteiger partial charge in [-0.3, -0.25) is 4.79 Å². The predicted molar refractivity (Wildman–Crippen MR) is 73.0 cm³/mol. The first-order chi connectivity index (χ1) is 9.45. The Balaban J connectivity index is 2.23. The Morgan fingerprint density at radius 3 is 2.65 bits per heavy atom. The number of hydrogen-bond donors (Lipinski definition) is 1. The van der Waals surface area contributed by atoms with Gasteiger partial charge >= 0.3 is 8.03 Å². The van der Waals surface area contributed by atoms with Crippen LogP contribution in [0.25, 0.3) is 0 Å². The van der Waals surface area contributed by atoms with Crippen LogP contribution in [0.3, 0.4) is 0 Å². The van der Waals surface area contributed by atoms with Gasteiger partial charge in [0, 0.05) is 22.3 Å². The van der Waals surface area contributed by atoms with Gasteiger partial charge in [0.25, 0.3) is 5.91 Å². The van der Waals surface area contributed by atoms with E-state index in [9.17, 15) is 18.6 Å². The number of hydrogen-bond acceptors (Lipinski definition) is 3. The molecule has 1 atom stereocenters. The van der Waals surface area contributed by atoms with Gasteiger partial charge in [0.15, 0.2) is 5.30 Å². The zero-order valence-corrected chi connectivity index (χ0v) is 11.6. The van der Waals surface area contributed by atoms with Gasteiger partial charge in [0.05, 0.1) is 0 Å². The van der Waals surface area contributed by atoms with Crippen LogP contribution in [0, 0.1) is 5.82 Å². The molecule has 0 radical (unpaired) electrons. The zero-order chi connectivity index (χ0) is 14.7. The fourth-order valence-corrected chi connectivity index (χ4v) is 2.26. The SMILES string of the molecule is O=C(Nc1cc(F)cc(Cl)c1)c1cccc([P+](=O)[O-])c1. The van der Waals surface area contributed by atoms with Crippen molar-refractivity contribution in [1.29, 1.82) is 0 Å². The first-order valence-electron chi connectivity index (χ1n) is 5.47. The van der Waals surface area contributed by atoms with Crippen molar-refractivity contribution in [3.63, 3.8) is 0 Å². The minimum Gasteiger partial charge on any atom is -0.591 e. The van der Waals surface area contributed by atoms with Crippen LogP contribution in [0.5, 0.6) is 0 Å². The lowest BCUT2D eigenvalue weighted by atomic mass is 10.2. The molecule has 1 unspecified atom stereocenters. The van der Waals surface area contributed by atoms with E-state index in [1.807, 2.05) is 0 Å². The van der Waals surface area contributed by atoms with Gasteiger partial charge in [-0.1, -0.05) is 22.2 Å². The lowest BCUT2D eigenvalue weighted by Gasteiger charge is -2.06. The number of carbonyl (C=O) groups is 1. The zero-order valence-electron chi connectivity index (χ0n) is 9.97. The topological polar surface area (TPSA) is 69.2 Å².